The second kappa shape index (κ2) is 12.0. The zero-order valence-corrected chi connectivity index (χ0v) is 24.3. The highest BCUT2D eigenvalue weighted by Gasteiger charge is 2.27. The lowest BCUT2D eigenvalue weighted by molar-refractivity contribution is 0.0698. The smallest absolute Gasteiger partial charge is 0.253 e. The van der Waals surface area contributed by atoms with Crippen molar-refractivity contribution in [2.45, 2.75) is 25.3 Å². The Kier molecular flexibility index (Phi) is 7.95. The van der Waals surface area contributed by atoms with Crippen molar-refractivity contribution in [3.63, 3.8) is 0 Å². The molecule has 0 spiro atoms. The number of para-hydroxylation sites is 1. The normalized spacial score (nSPS) is 16.3. The number of fused-ring (bicyclic) bond motifs is 3. The number of benzene rings is 3. The monoisotopic (exact) mass is 586 g/mol. The van der Waals surface area contributed by atoms with E-state index < -0.39 is 0 Å². The molecule has 0 aliphatic carbocycles. The Morgan fingerprint density at radius 2 is 1.95 bits per heavy atom. The van der Waals surface area contributed by atoms with Crippen molar-refractivity contribution < 1.29 is 13.9 Å². The highest BCUT2D eigenvalue weighted by Crippen LogP contribution is 2.44. The SMILES string of the molecule is CNC1CCCN(C(=O)c2ccc(Nc3ncc4c(n3)-c3ccc(Cl)cc3N(c3c(F)cccc3OC)CC4)cc2)C1. The van der Waals surface area contributed by atoms with Gasteiger partial charge in [0.2, 0.25) is 5.95 Å². The predicted molar refractivity (Wildman–Crippen MR) is 164 cm³/mol. The summed E-state index contributed by atoms with van der Waals surface area (Å²) in [6.07, 6.45) is 4.46. The predicted octanol–water partition coefficient (Wildman–Crippen LogP) is 6.21. The number of piperidine rings is 1. The standard InChI is InChI=1S/C32H32ClFN6O2/c1-35-24-5-4-15-39(19-24)31(41)20-8-11-23(12-9-20)37-32-36-18-21-14-16-40(30-26(34)6-3-7-28(30)42-2)27-17-22(33)10-13-25(27)29(21)38-32/h3,6-13,17-18,24,35H,4-5,14-16,19H2,1-2H3,(H,36,37,38). The van der Waals surface area contributed by atoms with Crippen LogP contribution < -0.4 is 20.3 Å². The maximum Gasteiger partial charge on any atom is 0.253 e. The van der Waals surface area contributed by atoms with Crippen LogP contribution in [-0.2, 0) is 6.42 Å². The van der Waals surface area contributed by atoms with Crippen molar-refractivity contribution in [2.24, 2.45) is 0 Å². The third kappa shape index (κ3) is 5.49. The highest BCUT2D eigenvalue weighted by molar-refractivity contribution is 6.31. The van der Waals surface area contributed by atoms with Crippen LogP contribution in [0.15, 0.2) is 66.9 Å². The molecular weight excluding hydrogens is 555 g/mol. The van der Waals surface area contributed by atoms with E-state index in [2.05, 4.69) is 15.6 Å². The molecule has 2 aliphatic rings. The van der Waals surface area contributed by atoms with Crippen LogP contribution in [-0.4, -0.2) is 60.6 Å². The number of ether oxygens (including phenoxy) is 1. The number of carbonyl (C=O) groups is 1. The van der Waals surface area contributed by atoms with Crippen molar-refractivity contribution in [3.8, 4) is 17.0 Å². The van der Waals surface area contributed by atoms with Gasteiger partial charge in [0.25, 0.3) is 5.91 Å². The number of rotatable bonds is 6. The molecule has 42 heavy (non-hydrogen) atoms. The van der Waals surface area contributed by atoms with Crippen molar-refractivity contribution in [3.05, 3.63) is 88.8 Å². The number of hydrogen-bond donors (Lipinski definition) is 2. The van der Waals surface area contributed by atoms with Gasteiger partial charge in [0, 0.05) is 53.7 Å². The molecule has 0 radical (unpaired) electrons. The Balaban J connectivity index is 1.28. The van der Waals surface area contributed by atoms with Crippen molar-refractivity contribution in [1.29, 1.82) is 0 Å². The largest absolute Gasteiger partial charge is 0.494 e. The van der Waals surface area contributed by atoms with E-state index in [1.54, 1.807) is 24.4 Å². The Morgan fingerprint density at radius 1 is 1.12 bits per heavy atom. The zero-order chi connectivity index (χ0) is 29.2. The maximum atomic E-state index is 15.2. The molecule has 0 saturated carbocycles. The van der Waals surface area contributed by atoms with Gasteiger partial charge < -0.3 is 25.2 Å². The Labute approximate surface area is 249 Å². The van der Waals surface area contributed by atoms with Gasteiger partial charge >= 0.3 is 0 Å². The summed E-state index contributed by atoms with van der Waals surface area (Å²) in [4.78, 5) is 26.3. The first-order valence-electron chi connectivity index (χ1n) is 14.0. The van der Waals surface area contributed by atoms with Crippen LogP contribution in [0.4, 0.5) is 27.4 Å². The summed E-state index contributed by atoms with van der Waals surface area (Å²) >= 11 is 6.43. The summed E-state index contributed by atoms with van der Waals surface area (Å²) in [5.41, 5.74) is 4.98. The number of nitrogens with zero attached hydrogens (tertiary/aromatic N) is 4. The van der Waals surface area contributed by atoms with Gasteiger partial charge in [-0.25, -0.2) is 14.4 Å². The molecule has 8 nitrogen and oxygen atoms in total. The molecule has 1 amide bonds. The molecule has 2 aliphatic heterocycles. The minimum absolute atomic E-state index is 0.0362. The lowest BCUT2D eigenvalue weighted by Gasteiger charge is -2.32. The molecule has 1 aromatic heterocycles. The molecule has 3 heterocycles. The van der Waals surface area contributed by atoms with Crippen LogP contribution in [0.25, 0.3) is 11.3 Å². The van der Waals surface area contributed by atoms with Crippen LogP contribution in [0.3, 0.4) is 0 Å². The average Bonchev–Trinajstić information content (AvgIpc) is 3.17. The van der Waals surface area contributed by atoms with Crippen molar-refractivity contribution in [2.75, 3.05) is 44.0 Å². The number of amides is 1. The van der Waals surface area contributed by atoms with Crippen LogP contribution in [0, 0.1) is 5.82 Å². The highest BCUT2D eigenvalue weighted by atomic mass is 35.5. The van der Waals surface area contributed by atoms with Gasteiger partial charge in [-0.3, -0.25) is 4.79 Å². The van der Waals surface area contributed by atoms with E-state index >= 15 is 4.39 Å². The third-order valence-electron chi connectivity index (χ3n) is 7.92. The summed E-state index contributed by atoms with van der Waals surface area (Å²) in [5.74, 6) is 0.501. The summed E-state index contributed by atoms with van der Waals surface area (Å²) in [5, 5.41) is 7.09. The summed E-state index contributed by atoms with van der Waals surface area (Å²) in [6, 6.07) is 18.0. The van der Waals surface area contributed by atoms with E-state index in [1.807, 2.05) is 53.2 Å². The first-order valence-corrected chi connectivity index (χ1v) is 14.4. The number of likely N-dealkylation sites (N-methyl/N-ethyl adjacent to an activating group) is 1. The van der Waals surface area contributed by atoms with E-state index in [1.165, 1.54) is 13.2 Å². The second-order valence-corrected chi connectivity index (χ2v) is 10.9. The number of aromatic nitrogens is 2. The van der Waals surface area contributed by atoms with Gasteiger partial charge in [-0.1, -0.05) is 17.7 Å². The molecule has 1 fully saturated rings. The Hall–Kier alpha value is -4.21. The van der Waals surface area contributed by atoms with Crippen molar-refractivity contribution in [1.82, 2.24) is 20.2 Å². The Morgan fingerprint density at radius 3 is 2.74 bits per heavy atom. The number of anilines is 4. The molecule has 3 aromatic carbocycles. The van der Waals surface area contributed by atoms with E-state index in [4.69, 9.17) is 21.3 Å². The second-order valence-electron chi connectivity index (χ2n) is 10.5. The van der Waals surface area contributed by atoms with Gasteiger partial charge in [0.1, 0.15) is 11.4 Å². The molecular formula is C32H32ClFN6O2. The number of methoxy groups -OCH3 is 1. The summed E-state index contributed by atoms with van der Waals surface area (Å²) in [7, 11) is 3.47. The molecule has 4 aromatic rings. The number of carbonyl (C=O) groups excluding carboxylic acids is 1. The van der Waals surface area contributed by atoms with Gasteiger partial charge in [0.05, 0.1) is 18.5 Å². The maximum absolute atomic E-state index is 15.2. The molecule has 216 valence electrons. The lowest BCUT2D eigenvalue weighted by Crippen LogP contribution is -2.46. The topological polar surface area (TPSA) is 82.6 Å². The molecule has 6 rings (SSSR count). The zero-order valence-electron chi connectivity index (χ0n) is 23.5. The summed E-state index contributed by atoms with van der Waals surface area (Å²) < 4.78 is 20.7. The van der Waals surface area contributed by atoms with E-state index in [0.717, 1.165) is 47.6 Å². The van der Waals surface area contributed by atoms with E-state index in [9.17, 15) is 4.79 Å². The molecule has 1 saturated heterocycles. The van der Waals surface area contributed by atoms with Crippen LogP contribution in [0.1, 0.15) is 28.8 Å². The molecule has 1 unspecified atom stereocenters. The molecule has 1 atom stereocenters. The number of likely N-dealkylation sites (tertiary alicyclic amines) is 1. The van der Waals surface area contributed by atoms with Crippen LogP contribution in [0.2, 0.25) is 5.02 Å². The molecule has 2 N–H and O–H groups in total. The van der Waals surface area contributed by atoms with Gasteiger partial charge in [-0.15, -0.1) is 0 Å². The fraction of sp³-hybridized carbons (Fsp3) is 0.281. The quantitative estimate of drug-likeness (QED) is 0.278. The molecule has 0 bridgehead atoms. The fourth-order valence-corrected chi connectivity index (χ4v) is 5.89. The average molecular weight is 587 g/mol. The van der Waals surface area contributed by atoms with Gasteiger partial charge in [-0.2, -0.15) is 0 Å². The minimum Gasteiger partial charge on any atom is -0.494 e. The Bertz CT molecular complexity index is 1620. The van der Waals surface area contributed by atoms with E-state index in [0.29, 0.717) is 53.5 Å². The number of hydrogen-bond acceptors (Lipinski definition) is 7. The first-order chi connectivity index (χ1) is 20.4. The van der Waals surface area contributed by atoms with Crippen molar-refractivity contribution >= 4 is 40.5 Å². The number of nitrogens with one attached hydrogen (secondary N) is 2. The third-order valence-corrected chi connectivity index (χ3v) is 8.15. The van der Waals surface area contributed by atoms with Gasteiger partial charge in [-0.05, 0) is 86.5 Å². The van der Waals surface area contributed by atoms with Crippen LogP contribution in [0.5, 0.6) is 5.75 Å². The lowest BCUT2D eigenvalue weighted by atomic mass is 10.0. The minimum atomic E-state index is -0.385. The molecule has 10 heteroatoms. The van der Waals surface area contributed by atoms with Gasteiger partial charge in [0.15, 0.2) is 5.82 Å². The fourth-order valence-electron chi connectivity index (χ4n) is 5.72. The van der Waals surface area contributed by atoms with E-state index in [-0.39, 0.29) is 11.7 Å². The summed E-state index contributed by atoms with van der Waals surface area (Å²) in [6.45, 7) is 1.97. The van der Waals surface area contributed by atoms with Crippen LogP contribution >= 0.6 is 11.6 Å². The first kappa shape index (κ1) is 27.9. The number of halogens is 2.